The van der Waals surface area contributed by atoms with Crippen molar-refractivity contribution >= 4 is 23.5 Å². The van der Waals surface area contributed by atoms with E-state index in [4.69, 9.17) is 14.8 Å². The van der Waals surface area contributed by atoms with Crippen LogP contribution >= 0.6 is 11.8 Å². The molecule has 6 nitrogen and oxygen atoms in total. The van der Waals surface area contributed by atoms with Gasteiger partial charge in [-0.1, -0.05) is 37.2 Å². The van der Waals surface area contributed by atoms with Crippen LogP contribution < -0.4 is 10.1 Å². The Morgan fingerprint density at radius 3 is 3.00 bits per heavy atom. The Bertz CT molecular complexity index is 935. The number of thioether (sulfide) groups is 1. The van der Waals surface area contributed by atoms with Gasteiger partial charge < -0.3 is 10.1 Å². The summed E-state index contributed by atoms with van der Waals surface area (Å²) in [4.78, 5) is 17.6. The molecule has 2 aliphatic rings. The molecule has 2 aromatic rings. The second kappa shape index (κ2) is 8.61. The van der Waals surface area contributed by atoms with Crippen molar-refractivity contribution in [3.63, 3.8) is 0 Å². The maximum absolute atomic E-state index is 12.9. The number of allylic oxidation sites excluding steroid dienone is 2. The molecule has 1 aliphatic heterocycles. The van der Waals surface area contributed by atoms with Crippen LogP contribution in [0.2, 0.25) is 0 Å². The van der Waals surface area contributed by atoms with E-state index >= 15 is 0 Å². The minimum Gasteiger partial charge on any atom is -0.491 e. The fraction of sp³-hybridized carbons (Fsp3) is 0.500. The minimum absolute atomic E-state index is 0.0906. The lowest BCUT2D eigenvalue weighted by Crippen LogP contribution is -2.31. The third-order valence-corrected chi connectivity index (χ3v) is 6.05. The highest BCUT2D eigenvalue weighted by Gasteiger charge is 2.37. The summed E-state index contributed by atoms with van der Waals surface area (Å²) < 4.78 is 7.78. The molecule has 0 saturated carbocycles. The molecule has 7 heteroatoms. The normalized spacial score (nSPS) is 18.5. The lowest BCUT2D eigenvalue weighted by molar-refractivity contribution is -0.116. The zero-order valence-electron chi connectivity index (χ0n) is 17.3. The fourth-order valence-electron chi connectivity index (χ4n) is 3.84. The van der Waals surface area contributed by atoms with Gasteiger partial charge in [-0.15, -0.1) is 5.10 Å². The summed E-state index contributed by atoms with van der Waals surface area (Å²) in [6.07, 6.45) is 4.70. The highest BCUT2D eigenvalue weighted by Crippen LogP contribution is 2.41. The molecule has 4 rings (SSSR count). The van der Waals surface area contributed by atoms with Crippen LogP contribution in [0.4, 0.5) is 5.95 Å². The van der Waals surface area contributed by atoms with E-state index in [1.54, 1.807) is 11.8 Å². The molecule has 1 aromatic heterocycles. The van der Waals surface area contributed by atoms with Crippen LogP contribution in [-0.2, 0) is 4.79 Å². The fourth-order valence-corrected chi connectivity index (χ4v) is 4.76. The number of Topliss-reactive ketones (excluding diaryl/α,β-unsaturated/α-hetero) is 1. The summed E-state index contributed by atoms with van der Waals surface area (Å²) in [5, 5.41) is 8.92. The van der Waals surface area contributed by atoms with Crippen molar-refractivity contribution in [3.05, 3.63) is 41.1 Å². The number of aromatic nitrogens is 3. The Balaban J connectivity index is 1.75. The van der Waals surface area contributed by atoms with Gasteiger partial charge in [-0.05, 0) is 50.8 Å². The van der Waals surface area contributed by atoms with Crippen molar-refractivity contribution in [2.24, 2.45) is 0 Å². The molecule has 29 heavy (non-hydrogen) atoms. The Labute approximate surface area is 176 Å². The van der Waals surface area contributed by atoms with Gasteiger partial charge >= 0.3 is 0 Å². The summed E-state index contributed by atoms with van der Waals surface area (Å²) in [7, 11) is 0. The van der Waals surface area contributed by atoms with Crippen LogP contribution in [0, 0.1) is 0 Å². The molecular weight excluding hydrogens is 384 g/mol. The number of ketones is 1. The van der Waals surface area contributed by atoms with E-state index in [0.717, 1.165) is 65.1 Å². The number of rotatable bonds is 7. The zero-order chi connectivity index (χ0) is 20.4. The molecule has 0 radical (unpaired) electrons. The first-order valence-corrected chi connectivity index (χ1v) is 11.4. The number of hydrogen-bond acceptors (Lipinski definition) is 6. The van der Waals surface area contributed by atoms with Crippen LogP contribution in [0.15, 0.2) is 40.7 Å². The molecule has 154 valence electrons. The molecule has 2 heterocycles. The highest BCUT2D eigenvalue weighted by molar-refractivity contribution is 7.99. The Morgan fingerprint density at radius 1 is 1.34 bits per heavy atom. The van der Waals surface area contributed by atoms with E-state index in [0.29, 0.717) is 6.42 Å². The number of anilines is 1. The molecule has 1 aliphatic carbocycles. The molecular formula is C22H28N4O2S. The van der Waals surface area contributed by atoms with Gasteiger partial charge in [0, 0.05) is 23.4 Å². The van der Waals surface area contributed by atoms with Crippen molar-refractivity contribution < 1.29 is 9.53 Å². The second-order valence-corrected chi connectivity index (χ2v) is 8.86. The molecule has 0 bridgehead atoms. The Hall–Kier alpha value is -2.28. The van der Waals surface area contributed by atoms with E-state index < -0.39 is 0 Å². The average molecular weight is 413 g/mol. The van der Waals surface area contributed by atoms with Crippen LogP contribution in [0.5, 0.6) is 5.75 Å². The number of carbonyl (C=O) groups excluding carboxylic acids is 1. The van der Waals surface area contributed by atoms with Crippen LogP contribution in [0.25, 0.3) is 0 Å². The number of ether oxygens (including phenoxy) is 1. The summed E-state index contributed by atoms with van der Waals surface area (Å²) in [6.45, 7) is 6.20. The van der Waals surface area contributed by atoms with Gasteiger partial charge in [-0.3, -0.25) is 4.79 Å². The van der Waals surface area contributed by atoms with Crippen molar-refractivity contribution in [1.29, 1.82) is 0 Å². The first-order valence-electron chi connectivity index (χ1n) is 10.5. The second-order valence-electron chi connectivity index (χ2n) is 7.80. The lowest BCUT2D eigenvalue weighted by Gasteiger charge is -2.32. The van der Waals surface area contributed by atoms with Gasteiger partial charge in [-0.25, -0.2) is 4.68 Å². The summed E-state index contributed by atoms with van der Waals surface area (Å²) in [6, 6.07) is 7.74. The maximum Gasteiger partial charge on any atom is 0.227 e. The topological polar surface area (TPSA) is 69.0 Å². The van der Waals surface area contributed by atoms with Gasteiger partial charge in [0.2, 0.25) is 11.1 Å². The molecule has 1 N–H and O–H groups in total. The van der Waals surface area contributed by atoms with Crippen LogP contribution in [-0.4, -0.2) is 32.4 Å². The number of nitrogens with one attached hydrogen (secondary N) is 1. The quantitative estimate of drug-likeness (QED) is 0.511. The maximum atomic E-state index is 12.9. The average Bonchev–Trinajstić information content (AvgIpc) is 3.09. The third kappa shape index (κ3) is 4.20. The van der Waals surface area contributed by atoms with E-state index in [9.17, 15) is 4.79 Å². The predicted octanol–water partition coefficient (Wildman–Crippen LogP) is 4.98. The van der Waals surface area contributed by atoms with Gasteiger partial charge in [0.25, 0.3) is 0 Å². The van der Waals surface area contributed by atoms with Crippen LogP contribution in [0.1, 0.15) is 64.5 Å². The SMILES string of the molecule is CCCCSc1nc2n(n1)C(c1cccc(OC(C)C)c1)C1=C(CCCC1=O)N2. The molecule has 1 aromatic carbocycles. The molecule has 1 atom stereocenters. The van der Waals surface area contributed by atoms with Crippen molar-refractivity contribution in [2.45, 2.75) is 70.2 Å². The third-order valence-electron chi connectivity index (χ3n) is 5.12. The first-order chi connectivity index (χ1) is 14.1. The number of hydrogen-bond donors (Lipinski definition) is 1. The minimum atomic E-state index is -0.266. The summed E-state index contributed by atoms with van der Waals surface area (Å²) in [5.41, 5.74) is 2.82. The highest BCUT2D eigenvalue weighted by atomic mass is 32.2. The zero-order valence-corrected chi connectivity index (χ0v) is 18.1. The molecule has 1 unspecified atom stereocenters. The molecule has 0 saturated heterocycles. The summed E-state index contributed by atoms with van der Waals surface area (Å²) >= 11 is 1.67. The number of carbonyl (C=O) groups is 1. The lowest BCUT2D eigenvalue weighted by atomic mass is 9.85. The Morgan fingerprint density at radius 2 is 2.21 bits per heavy atom. The summed E-state index contributed by atoms with van der Waals surface area (Å²) in [5.74, 6) is 2.72. The van der Waals surface area contributed by atoms with Gasteiger partial charge in [0.05, 0.1) is 6.10 Å². The standard InChI is InChI=1S/C22H28N4O2S/c1-4-5-12-29-22-24-21-23-17-10-7-11-18(27)19(17)20(26(21)25-22)15-8-6-9-16(13-15)28-14(2)3/h6,8-9,13-14,20H,4-5,7,10-12H2,1-3H3,(H,23,24,25). The number of fused-ring (bicyclic) bond motifs is 1. The number of benzene rings is 1. The van der Waals surface area contributed by atoms with E-state index in [-0.39, 0.29) is 17.9 Å². The number of nitrogens with zero attached hydrogens (tertiary/aromatic N) is 3. The Kier molecular flexibility index (Phi) is 5.94. The van der Waals surface area contributed by atoms with E-state index in [2.05, 4.69) is 12.2 Å². The smallest absolute Gasteiger partial charge is 0.227 e. The van der Waals surface area contributed by atoms with Gasteiger partial charge in [0.15, 0.2) is 5.78 Å². The predicted molar refractivity (Wildman–Crippen MR) is 116 cm³/mol. The van der Waals surface area contributed by atoms with E-state index in [1.807, 2.05) is 42.8 Å². The van der Waals surface area contributed by atoms with Crippen molar-refractivity contribution in [1.82, 2.24) is 14.8 Å². The van der Waals surface area contributed by atoms with Crippen molar-refractivity contribution in [3.8, 4) is 5.75 Å². The number of unbranched alkanes of at least 4 members (excludes halogenated alkanes) is 1. The largest absolute Gasteiger partial charge is 0.491 e. The molecule has 0 spiro atoms. The monoisotopic (exact) mass is 412 g/mol. The molecule has 0 fully saturated rings. The van der Waals surface area contributed by atoms with Crippen molar-refractivity contribution in [2.75, 3.05) is 11.1 Å². The van der Waals surface area contributed by atoms with Gasteiger partial charge in [-0.2, -0.15) is 4.98 Å². The van der Waals surface area contributed by atoms with Gasteiger partial charge in [0.1, 0.15) is 11.8 Å². The van der Waals surface area contributed by atoms with E-state index in [1.165, 1.54) is 0 Å². The first kappa shape index (κ1) is 20.0. The molecule has 0 amide bonds. The van der Waals surface area contributed by atoms with Crippen LogP contribution in [0.3, 0.4) is 0 Å².